The average Bonchev–Trinajstić information content (AvgIpc) is 2.12. The predicted molar refractivity (Wildman–Crippen MR) is 43.4 cm³/mol. The Kier molecular flexibility index (Phi) is 3.00. The molecule has 0 radical (unpaired) electrons. The molecule has 6 heteroatoms. The van der Waals surface area contributed by atoms with Crippen LogP contribution < -0.4 is 0 Å². The molecule has 0 aliphatic heterocycles. The number of phenols is 1. The standard InChI is InChI=1S/C8H4ClF3O2/c9-6-4(13)2-1-3(10)5(6)7(14)8(11)12/h1-2,8,13H. The number of halogens is 4. The summed E-state index contributed by atoms with van der Waals surface area (Å²) in [6, 6.07) is 1.57. The number of rotatable bonds is 2. The molecule has 0 fully saturated rings. The van der Waals surface area contributed by atoms with Crippen molar-refractivity contribution in [2.24, 2.45) is 0 Å². The summed E-state index contributed by atoms with van der Waals surface area (Å²) < 4.78 is 36.8. The molecule has 0 unspecified atom stereocenters. The number of benzene rings is 1. The summed E-state index contributed by atoms with van der Waals surface area (Å²) in [6.07, 6.45) is -3.36. The van der Waals surface area contributed by atoms with Gasteiger partial charge in [-0.05, 0) is 12.1 Å². The summed E-state index contributed by atoms with van der Waals surface area (Å²) in [5.41, 5.74) is -0.985. The van der Waals surface area contributed by atoms with Crippen LogP contribution in [0.2, 0.25) is 5.02 Å². The Morgan fingerprint density at radius 3 is 2.50 bits per heavy atom. The molecule has 1 aromatic rings. The van der Waals surface area contributed by atoms with Gasteiger partial charge in [-0.25, -0.2) is 13.2 Å². The number of carbonyl (C=O) groups is 1. The normalized spacial score (nSPS) is 10.6. The maximum Gasteiger partial charge on any atom is 0.300 e. The minimum absolute atomic E-state index is 0.614. The van der Waals surface area contributed by atoms with Gasteiger partial charge in [0.1, 0.15) is 11.6 Å². The van der Waals surface area contributed by atoms with E-state index in [0.717, 1.165) is 6.07 Å². The van der Waals surface area contributed by atoms with Gasteiger partial charge in [-0.2, -0.15) is 0 Å². The molecule has 1 N–H and O–H groups in total. The van der Waals surface area contributed by atoms with Gasteiger partial charge in [-0.3, -0.25) is 4.79 Å². The molecule has 0 aliphatic rings. The number of Topliss-reactive ketones (excluding diaryl/α,β-unsaturated/α-hetero) is 1. The van der Waals surface area contributed by atoms with E-state index in [1.54, 1.807) is 0 Å². The van der Waals surface area contributed by atoms with E-state index >= 15 is 0 Å². The molecule has 14 heavy (non-hydrogen) atoms. The van der Waals surface area contributed by atoms with Crippen molar-refractivity contribution in [2.75, 3.05) is 0 Å². The Bertz CT molecular complexity index is 379. The van der Waals surface area contributed by atoms with Crippen molar-refractivity contribution in [3.8, 4) is 5.75 Å². The van der Waals surface area contributed by atoms with Gasteiger partial charge in [0.05, 0.1) is 10.6 Å². The number of phenolic OH excluding ortho intramolecular Hbond substituents is 1. The highest BCUT2D eigenvalue weighted by atomic mass is 35.5. The monoisotopic (exact) mass is 224 g/mol. The van der Waals surface area contributed by atoms with Crippen LogP contribution in [-0.4, -0.2) is 17.3 Å². The zero-order chi connectivity index (χ0) is 10.9. The lowest BCUT2D eigenvalue weighted by atomic mass is 10.1. The maximum atomic E-state index is 12.9. The molecule has 76 valence electrons. The molecule has 1 rings (SSSR count). The predicted octanol–water partition coefficient (Wildman–Crippen LogP) is 2.63. The fraction of sp³-hybridized carbons (Fsp3) is 0.125. The second-order valence-corrected chi connectivity index (χ2v) is 2.80. The lowest BCUT2D eigenvalue weighted by molar-refractivity contribution is 0.0674. The van der Waals surface area contributed by atoms with Crippen molar-refractivity contribution in [3.05, 3.63) is 28.5 Å². The Morgan fingerprint density at radius 1 is 1.43 bits per heavy atom. The van der Waals surface area contributed by atoms with E-state index in [2.05, 4.69) is 0 Å². The first-order valence-electron chi connectivity index (χ1n) is 3.44. The second kappa shape index (κ2) is 3.88. The van der Waals surface area contributed by atoms with E-state index in [9.17, 15) is 18.0 Å². The first kappa shape index (κ1) is 10.8. The Balaban J connectivity index is 3.33. The van der Waals surface area contributed by atoms with Crippen molar-refractivity contribution in [3.63, 3.8) is 0 Å². The summed E-state index contributed by atoms with van der Waals surface area (Å²) in [5, 5.41) is 8.26. The molecule has 0 heterocycles. The van der Waals surface area contributed by atoms with Crippen molar-refractivity contribution in [1.82, 2.24) is 0 Å². The van der Waals surface area contributed by atoms with Crippen LogP contribution in [0, 0.1) is 5.82 Å². The first-order chi connectivity index (χ1) is 6.45. The number of ketones is 1. The second-order valence-electron chi connectivity index (χ2n) is 2.42. The highest BCUT2D eigenvalue weighted by Gasteiger charge is 2.25. The van der Waals surface area contributed by atoms with E-state index in [4.69, 9.17) is 16.7 Å². The summed E-state index contributed by atoms with van der Waals surface area (Å²) >= 11 is 5.29. The molecule has 0 bridgehead atoms. The SMILES string of the molecule is O=C(c1c(F)ccc(O)c1Cl)C(F)F. The summed E-state index contributed by atoms with van der Waals surface area (Å²) in [7, 11) is 0. The van der Waals surface area contributed by atoms with Crippen molar-refractivity contribution in [1.29, 1.82) is 0 Å². The van der Waals surface area contributed by atoms with Crippen LogP contribution in [0.1, 0.15) is 10.4 Å². The van der Waals surface area contributed by atoms with Crippen LogP contribution in [0.25, 0.3) is 0 Å². The fourth-order valence-electron chi connectivity index (χ4n) is 0.876. The largest absolute Gasteiger partial charge is 0.506 e. The number of hydrogen-bond acceptors (Lipinski definition) is 2. The summed E-state index contributed by atoms with van der Waals surface area (Å²) in [5.74, 6) is -3.54. The third-order valence-corrected chi connectivity index (χ3v) is 1.90. The average molecular weight is 225 g/mol. The van der Waals surface area contributed by atoms with Gasteiger partial charge in [0.2, 0.25) is 5.78 Å². The van der Waals surface area contributed by atoms with Gasteiger partial charge in [-0.15, -0.1) is 0 Å². The number of hydrogen-bond donors (Lipinski definition) is 1. The zero-order valence-electron chi connectivity index (χ0n) is 6.60. The summed E-state index contributed by atoms with van der Waals surface area (Å²) in [4.78, 5) is 10.8. The molecule has 0 amide bonds. The highest BCUT2D eigenvalue weighted by molar-refractivity contribution is 6.35. The number of alkyl halides is 2. The Labute approximate surface area is 81.9 Å². The van der Waals surface area contributed by atoms with Crippen molar-refractivity contribution >= 4 is 17.4 Å². The van der Waals surface area contributed by atoms with E-state index < -0.39 is 34.4 Å². The topological polar surface area (TPSA) is 37.3 Å². The molecular weight excluding hydrogens is 221 g/mol. The van der Waals surface area contributed by atoms with Crippen molar-refractivity contribution in [2.45, 2.75) is 6.43 Å². The smallest absolute Gasteiger partial charge is 0.300 e. The molecular formula is C8H4ClF3O2. The molecule has 0 atom stereocenters. The molecule has 0 aliphatic carbocycles. The summed E-state index contributed by atoms with van der Waals surface area (Å²) in [6.45, 7) is 0. The van der Waals surface area contributed by atoms with Crippen LogP contribution >= 0.6 is 11.6 Å². The minimum Gasteiger partial charge on any atom is -0.506 e. The third-order valence-electron chi connectivity index (χ3n) is 1.52. The number of carbonyl (C=O) groups excluding carboxylic acids is 1. The first-order valence-corrected chi connectivity index (χ1v) is 3.82. The molecule has 0 saturated heterocycles. The van der Waals surface area contributed by atoms with E-state index in [-0.39, 0.29) is 0 Å². The van der Waals surface area contributed by atoms with Gasteiger partial charge in [0.15, 0.2) is 0 Å². The Hall–Kier alpha value is -1.23. The molecule has 2 nitrogen and oxygen atoms in total. The Morgan fingerprint density at radius 2 is 2.00 bits per heavy atom. The van der Waals surface area contributed by atoms with Gasteiger partial charge in [-0.1, -0.05) is 11.6 Å². The highest BCUT2D eigenvalue weighted by Crippen LogP contribution is 2.30. The molecule has 1 aromatic carbocycles. The van der Waals surface area contributed by atoms with Gasteiger partial charge < -0.3 is 5.11 Å². The van der Waals surface area contributed by atoms with Crippen molar-refractivity contribution < 1.29 is 23.1 Å². The molecule has 0 spiro atoms. The lowest BCUT2D eigenvalue weighted by Gasteiger charge is -2.05. The van der Waals surface area contributed by atoms with Gasteiger partial charge in [0.25, 0.3) is 0 Å². The maximum absolute atomic E-state index is 12.9. The minimum atomic E-state index is -3.36. The van der Waals surface area contributed by atoms with Gasteiger partial charge >= 0.3 is 6.43 Å². The fourth-order valence-corrected chi connectivity index (χ4v) is 1.12. The zero-order valence-corrected chi connectivity index (χ0v) is 7.36. The van der Waals surface area contributed by atoms with Crippen LogP contribution in [0.3, 0.4) is 0 Å². The van der Waals surface area contributed by atoms with Crippen LogP contribution in [0.15, 0.2) is 12.1 Å². The van der Waals surface area contributed by atoms with E-state index in [0.29, 0.717) is 6.07 Å². The van der Waals surface area contributed by atoms with Crippen LogP contribution in [0.5, 0.6) is 5.75 Å². The van der Waals surface area contributed by atoms with Gasteiger partial charge in [0, 0.05) is 0 Å². The quantitative estimate of drug-likeness (QED) is 0.784. The molecule has 0 saturated carbocycles. The van der Waals surface area contributed by atoms with E-state index in [1.165, 1.54) is 0 Å². The number of aromatic hydroxyl groups is 1. The van der Waals surface area contributed by atoms with Crippen LogP contribution in [-0.2, 0) is 0 Å². The lowest BCUT2D eigenvalue weighted by Crippen LogP contribution is -2.12. The third kappa shape index (κ3) is 1.82. The van der Waals surface area contributed by atoms with E-state index in [1.807, 2.05) is 0 Å². The molecule has 0 aromatic heterocycles. The van der Waals surface area contributed by atoms with Crippen LogP contribution in [0.4, 0.5) is 13.2 Å².